The van der Waals surface area contributed by atoms with E-state index in [-0.39, 0.29) is 22.8 Å². The normalized spacial score (nSPS) is 15.4. The minimum absolute atomic E-state index is 0. The molecule has 0 spiro atoms. The Morgan fingerprint density at radius 2 is 1.06 bits per heavy atom. The van der Waals surface area contributed by atoms with Crippen molar-refractivity contribution in [3.63, 3.8) is 0 Å². The van der Waals surface area contributed by atoms with Crippen molar-refractivity contribution in [2.45, 2.75) is 38.4 Å². The van der Waals surface area contributed by atoms with E-state index < -0.39 is 7.26 Å². The van der Waals surface area contributed by atoms with Crippen LogP contribution in [0.2, 0.25) is 0 Å². The third-order valence-electron chi connectivity index (χ3n) is 6.11. The van der Waals surface area contributed by atoms with Gasteiger partial charge in [0, 0.05) is 6.42 Å². The van der Waals surface area contributed by atoms with E-state index in [0.29, 0.717) is 0 Å². The van der Waals surface area contributed by atoms with Crippen LogP contribution in [-0.2, 0) is 9.47 Å². The number of rotatable bonds is 9. The summed E-state index contributed by atoms with van der Waals surface area (Å²) in [5.74, 6) is -0.371. The summed E-state index contributed by atoms with van der Waals surface area (Å²) in [5.41, 5.74) is 0. The Morgan fingerprint density at radius 1 is 0.645 bits per heavy atom. The van der Waals surface area contributed by atoms with E-state index in [4.69, 9.17) is 9.47 Å². The summed E-state index contributed by atoms with van der Waals surface area (Å²) < 4.78 is 11.6. The molecule has 0 atom stereocenters. The molecule has 0 aromatic heterocycles. The van der Waals surface area contributed by atoms with Gasteiger partial charge in [-0.15, -0.1) is 0 Å². The molecule has 4 heteroatoms. The molecule has 1 aliphatic heterocycles. The second-order valence-corrected chi connectivity index (χ2v) is 11.8. The highest BCUT2D eigenvalue weighted by Crippen LogP contribution is 2.56. The quantitative estimate of drug-likeness (QED) is 0.333. The summed E-state index contributed by atoms with van der Waals surface area (Å²) in [6.45, 7) is 3.53. The standard InChI is InChI=1S/C27H32O2P.BrH/c1-27(28-21-22-29-27)20-12-5-13-23-30(24-14-6-2-7-15-24,25-16-8-3-9-17-25)26-18-10-4-11-19-26;/h2-4,6-11,14-19H,5,12-13,20-23H2,1H3;1H/q+1;/p-1. The maximum atomic E-state index is 5.78. The molecule has 1 heterocycles. The number of halogens is 1. The topological polar surface area (TPSA) is 18.5 Å². The monoisotopic (exact) mass is 498 g/mol. The molecule has 3 aromatic carbocycles. The molecule has 1 aliphatic rings. The molecule has 164 valence electrons. The van der Waals surface area contributed by atoms with Gasteiger partial charge in [-0.3, -0.25) is 0 Å². The van der Waals surface area contributed by atoms with Crippen molar-refractivity contribution in [3.05, 3.63) is 91.0 Å². The Kier molecular flexibility index (Phi) is 8.86. The van der Waals surface area contributed by atoms with Crippen LogP contribution in [0.3, 0.4) is 0 Å². The van der Waals surface area contributed by atoms with E-state index in [1.807, 2.05) is 0 Å². The van der Waals surface area contributed by atoms with Crippen LogP contribution in [0.1, 0.15) is 32.6 Å². The molecule has 3 aromatic rings. The lowest BCUT2D eigenvalue weighted by atomic mass is 10.1. The largest absolute Gasteiger partial charge is 1.00 e. The van der Waals surface area contributed by atoms with Gasteiger partial charge in [0.2, 0.25) is 0 Å². The molecule has 0 N–H and O–H groups in total. The Bertz CT molecular complexity index is 800. The van der Waals surface area contributed by atoms with Crippen molar-refractivity contribution in [2.24, 2.45) is 0 Å². The third kappa shape index (κ3) is 5.65. The predicted molar refractivity (Wildman–Crippen MR) is 129 cm³/mol. The highest BCUT2D eigenvalue weighted by atomic mass is 79.9. The first-order chi connectivity index (χ1) is 14.7. The fraction of sp³-hybridized carbons (Fsp3) is 0.333. The van der Waals surface area contributed by atoms with Gasteiger partial charge >= 0.3 is 0 Å². The average Bonchev–Trinajstić information content (AvgIpc) is 3.25. The van der Waals surface area contributed by atoms with Crippen LogP contribution in [-0.4, -0.2) is 25.2 Å². The highest BCUT2D eigenvalue weighted by Gasteiger charge is 2.44. The van der Waals surface area contributed by atoms with Gasteiger partial charge in [-0.1, -0.05) is 54.6 Å². The minimum atomic E-state index is -1.70. The summed E-state index contributed by atoms with van der Waals surface area (Å²) in [6.07, 6.45) is 5.68. The maximum absolute atomic E-state index is 5.78. The lowest BCUT2D eigenvalue weighted by Gasteiger charge is -2.28. The van der Waals surface area contributed by atoms with Gasteiger partial charge < -0.3 is 26.5 Å². The SMILES string of the molecule is CC1(CCCCC[P+](c2ccccc2)(c2ccccc2)c2ccccc2)OCCO1.[Br-]. The van der Waals surface area contributed by atoms with Gasteiger partial charge in [0.05, 0.1) is 19.4 Å². The Hall–Kier alpha value is -1.51. The first kappa shape index (κ1) is 24.1. The second kappa shape index (κ2) is 11.4. The number of hydrogen-bond acceptors (Lipinski definition) is 2. The Balaban J connectivity index is 0.00000272. The molecule has 0 unspecified atom stereocenters. The summed E-state index contributed by atoms with van der Waals surface area (Å²) in [6, 6.07) is 33.5. The van der Waals surface area contributed by atoms with Gasteiger partial charge in [-0.25, -0.2) is 0 Å². The van der Waals surface area contributed by atoms with E-state index in [2.05, 4.69) is 97.9 Å². The van der Waals surface area contributed by atoms with Gasteiger partial charge in [0.15, 0.2) is 5.79 Å². The lowest BCUT2D eigenvalue weighted by Crippen LogP contribution is -3.00. The van der Waals surface area contributed by atoms with Crippen molar-refractivity contribution in [1.82, 2.24) is 0 Å². The Morgan fingerprint density at radius 3 is 1.48 bits per heavy atom. The molecule has 1 saturated heterocycles. The molecule has 4 rings (SSSR count). The third-order valence-corrected chi connectivity index (χ3v) is 10.6. The number of hydrogen-bond donors (Lipinski definition) is 0. The molecule has 2 nitrogen and oxygen atoms in total. The molecule has 31 heavy (non-hydrogen) atoms. The van der Waals surface area contributed by atoms with Gasteiger partial charge in [-0.2, -0.15) is 0 Å². The van der Waals surface area contributed by atoms with Crippen molar-refractivity contribution < 1.29 is 26.5 Å². The molecule has 0 saturated carbocycles. The summed E-state index contributed by atoms with van der Waals surface area (Å²) >= 11 is 0. The van der Waals surface area contributed by atoms with Crippen LogP contribution in [0, 0.1) is 0 Å². The zero-order chi connectivity index (χ0) is 20.7. The molecule has 0 aliphatic carbocycles. The maximum Gasteiger partial charge on any atom is 0.165 e. The summed E-state index contributed by atoms with van der Waals surface area (Å²) in [4.78, 5) is 0. The average molecular weight is 499 g/mol. The van der Waals surface area contributed by atoms with Gasteiger partial charge in [0.25, 0.3) is 0 Å². The molecule has 1 fully saturated rings. The van der Waals surface area contributed by atoms with Crippen LogP contribution in [0.4, 0.5) is 0 Å². The molecule has 0 amide bonds. The number of ether oxygens (including phenoxy) is 2. The zero-order valence-corrected chi connectivity index (χ0v) is 20.7. The fourth-order valence-corrected chi connectivity index (χ4v) is 8.97. The molecular formula is C27H32BrO2P. The van der Waals surface area contributed by atoms with Crippen molar-refractivity contribution >= 4 is 23.2 Å². The number of unbranched alkanes of at least 4 members (excludes halogenated alkanes) is 2. The number of benzene rings is 3. The predicted octanol–water partition coefficient (Wildman–Crippen LogP) is 2.31. The second-order valence-electron chi connectivity index (χ2n) is 8.18. The summed E-state index contributed by atoms with van der Waals surface area (Å²) in [5, 5.41) is 4.41. The molecular weight excluding hydrogens is 467 g/mol. The van der Waals surface area contributed by atoms with Gasteiger partial charge in [0.1, 0.15) is 23.2 Å². The van der Waals surface area contributed by atoms with Crippen LogP contribution >= 0.6 is 7.26 Å². The molecule has 0 bridgehead atoms. The van der Waals surface area contributed by atoms with Crippen LogP contribution in [0.25, 0.3) is 0 Å². The van der Waals surface area contributed by atoms with Crippen molar-refractivity contribution in [1.29, 1.82) is 0 Å². The van der Waals surface area contributed by atoms with Crippen molar-refractivity contribution in [2.75, 3.05) is 19.4 Å². The van der Waals surface area contributed by atoms with E-state index in [1.54, 1.807) is 0 Å². The van der Waals surface area contributed by atoms with Crippen LogP contribution in [0.15, 0.2) is 91.0 Å². The van der Waals surface area contributed by atoms with E-state index >= 15 is 0 Å². The van der Waals surface area contributed by atoms with E-state index in [0.717, 1.165) is 26.1 Å². The summed E-state index contributed by atoms with van der Waals surface area (Å²) in [7, 11) is -1.70. The minimum Gasteiger partial charge on any atom is -1.00 e. The van der Waals surface area contributed by atoms with Crippen LogP contribution < -0.4 is 32.9 Å². The fourth-order valence-electron chi connectivity index (χ4n) is 4.55. The van der Waals surface area contributed by atoms with Crippen molar-refractivity contribution in [3.8, 4) is 0 Å². The van der Waals surface area contributed by atoms with E-state index in [1.165, 1.54) is 34.9 Å². The zero-order valence-electron chi connectivity index (χ0n) is 18.3. The molecule has 0 radical (unpaired) electrons. The smallest absolute Gasteiger partial charge is 0.165 e. The Labute approximate surface area is 198 Å². The highest BCUT2D eigenvalue weighted by molar-refractivity contribution is 7.95. The van der Waals surface area contributed by atoms with Crippen LogP contribution in [0.5, 0.6) is 0 Å². The lowest BCUT2D eigenvalue weighted by molar-refractivity contribution is -0.147. The first-order valence-corrected chi connectivity index (χ1v) is 13.0. The van der Waals surface area contributed by atoms with E-state index in [9.17, 15) is 0 Å². The van der Waals surface area contributed by atoms with Gasteiger partial charge in [-0.05, 0) is 62.6 Å². The first-order valence-electron chi connectivity index (χ1n) is 11.1.